The molecule has 3 aromatic rings. The standard InChI is InChI=1S/C27H33N3O4S3/c1-18-13-19(2)16-29(15-18)37(32,33)23-9-6-20(7-10-23)26(31)30(17-21-5-4-12-34-21)27-28-24-11-8-22(35-3)14-25(24)36-27/h6-11,14,18-19,21H,4-5,12-13,15-17H2,1-3H3. The zero-order valence-corrected chi connectivity index (χ0v) is 23.9. The van der Waals surface area contributed by atoms with Crippen LogP contribution in [0.5, 0.6) is 0 Å². The maximum absolute atomic E-state index is 13.8. The quantitative estimate of drug-likeness (QED) is 0.355. The van der Waals surface area contributed by atoms with E-state index in [0.717, 1.165) is 34.4 Å². The van der Waals surface area contributed by atoms with Crippen molar-refractivity contribution in [2.24, 2.45) is 11.8 Å². The van der Waals surface area contributed by atoms with Crippen LogP contribution < -0.4 is 4.90 Å². The molecule has 0 radical (unpaired) electrons. The lowest BCUT2D eigenvalue weighted by molar-refractivity contribution is 0.0917. The number of hydrogen-bond donors (Lipinski definition) is 0. The number of aromatic nitrogens is 1. The number of thioether (sulfide) groups is 1. The second-order valence-corrected chi connectivity index (χ2v) is 14.0. The van der Waals surface area contributed by atoms with Crippen LogP contribution in [0, 0.1) is 11.8 Å². The first-order chi connectivity index (χ1) is 17.7. The molecule has 198 valence electrons. The van der Waals surface area contributed by atoms with Crippen molar-refractivity contribution >= 4 is 54.4 Å². The van der Waals surface area contributed by atoms with E-state index < -0.39 is 10.0 Å². The lowest BCUT2D eigenvalue weighted by atomic mass is 9.94. The van der Waals surface area contributed by atoms with Crippen LogP contribution in [-0.2, 0) is 14.8 Å². The third-order valence-corrected chi connectivity index (χ3v) is 10.7. The summed E-state index contributed by atoms with van der Waals surface area (Å²) < 4.78 is 35.1. The number of nitrogens with zero attached hydrogens (tertiary/aromatic N) is 3. The highest BCUT2D eigenvalue weighted by molar-refractivity contribution is 7.98. The fraction of sp³-hybridized carbons (Fsp3) is 0.481. The minimum Gasteiger partial charge on any atom is -0.376 e. The van der Waals surface area contributed by atoms with E-state index in [1.165, 1.54) is 11.3 Å². The highest BCUT2D eigenvalue weighted by Gasteiger charge is 2.32. The van der Waals surface area contributed by atoms with Crippen molar-refractivity contribution in [3.63, 3.8) is 0 Å². The number of anilines is 1. The predicted molar refractivity (Wildman–Crippen MR) is 150 cm³/mol. The van der Waals surface area contributed by atoms with Crippen LogP contribution in [0.4, 0.5) is 5.13 Å². The summed E-state index contributed by atoms with van der Waals surface area (Å²) in [6.45, 7) is 6.34. The van der Waals surface area contributed by atoms with Gasteiger partial charge in [-0.2, -0.15) is 4.31 Å². The number of ether oxygens (including phenoxy) is 1. The highest BCUT2D eigenvalue weighted by atomic mass is 32.2. The Morgan fingerprint density at radius 2 is 1.89 bits per heavy atom. The molecular formula is C27H33N3O4S3. The minimum absolute atomic E-state index is 0.0412. The molecule has 7 nitrogen and oxygen atoms in total. The molecule has 0 saturated carbocycles. The molecule has 3 heterocycles. The lowest BCUT2D eigenvalue weighted by Gasteiger charge is -2.34. The Labute approximate surface area is 227 Å². The van der Waals surface area contributed by atoms with Gasteiger partial charge in [-0.05, 0) is 79.8 Å². The number of rotatable bonds is 7. The van der Waals surface area contributed by atoms with Gasteiger partial charge in [-0.1, -0.05) is 25.2 Å². The molecule has 37 heavy (non-hydrogen) atoms. The van der Waals surface area contributed by atoms with Crippen molar-refractivity contribution in [3.05, 3.63) is 48.0 Å². The average molecular weight is 560 g/mol. The number of carbonyl (C=O) groups excluding carboxylic acids is 1. The number of thiazole rings is 1. The van der Waals surface area contributed by atoms with Crippen LogP contribution in [0.25, 0.3) is 10.2 Å². The average Bonchev–Trinajstić information content (AvgIpc) is 3.55. The van der Waals surface area contributed by atoms with Gasteiger partial charge in [0.1, 0.15) is 0 Å². The third kappa shape index (κ3) is 5.73. The van der Waals surface area contributed by atoms with Crippen LogP contribution in [0.15, 0.2) is 52.3 Å². The van der Waals surface area contributed by atoms with Crippen molar-refractivity contribution in [1.29, 1.82) is 0 Å². The van der Waals surface area contributed by atoms with Gasteiger partial charge in [0.2, 0.25) is 10.0 Å². The number of carbonyl (C=O) groups is 1. The van der Waals surface area contributed by atoms with Crippen LogP contribution in [0.3, 0.4) is 0 Å². The topological polar surface area (TPSA) is 79.8 Å². The number of piperidine rings is 1. The maximum atomic E-state index is 13.8. The molecule has 2 aliphatic heterocycles. The molecule has 2 aliphatic rings. The van der Waals surface area contributed by atoms with Gasteiger partial charge in [-0.25, -0.2) is 13.4 Å². The summed E-state index contributed by atoms with van der Waals surface area (Å²) in [6.07, 6.45) is 4.90. The van der Waals surface area contributed by atoms with Gasteiger partial charge in [0.15, 0.2) is 5.13 Å². The Kier molecular flexibility index (Phi) is 7.93. The van der Waals surface area contributed by atoms with Gasteiger partial charge >= 0.3 is 0 Å². The molecule has 1 aromatic heterocycles. The molecule has 3 unspecified atom stereocenters. The van der Waals surface area contributed by atoms with Crippen molar-refractivity contribution in [2.45, 2.75) is 49.0 Å². The third-order valence-electron chi connectivity index (χ3n) is 7.04. The monoisotopic (exact) mass is 559 g/mol. The fourth-order valence-electron chi connectivity index (χ4n) is 5.25. The molecule has 10 heteroatoms. The van der Waals surface area contributed by atoms with Crippen molar-refractivity contribution < 1.29 is 17.9 Å². The van der Waals surface area contributed by atoms with Gasteiger partial charge in [-0.15, -0.1) is 11.8 Å². The number of benzene rings is 2. The van der Waals surface area contributed by atoms with Gasteiger partial charge in [0.05, 0.1) is 27.8 Å². The largest absolute Gasteiger partial charge is 0.376 e. The van der Waals surface area contributed by atoms with Gasteiger partial charge in [0, 0.05) is 30.2 Å². The summed E-state index contributed by atoms with van der Waals surface area (Å²) in [7, 11) is -3.61. The Morgan fingerprint density at radius 1 is 1.16 bits per heavy atom. The van der Waals surface area contributed by atoms with Crippen LogP contribution in [0.2, 0.25) is 0 Å². The smallest absolute Gasteiger partial charge is 0.260 e. The summed E-state index contributed by atoms with van der Waals surface area (Å²) in [5.41, 5.74) is 1.29. The summed E-state index contributed by atoms with van der Waals surface area (Å²) in [6, 6.07) is 12.5. The van der Waals surface area contributed by atoms with Gasteiger partial charge < -0.3 is 4.74 Å². The summed E-state index contributed by atoms with van der Waals surface area (Å²) in [5, 5.41) is 0.627. The van der Waals surface area contributed by atoms with E-state index >= 15 is 0 Å². The second kappa shape index (κ2) is 11.0. The fourth-order valence-corrected chi connectivity index (χ4v) is 8.46. The Hall–Kier alpha value is -1.98. The second-order valence-electron chi connectivity index (χ2n) is 10.2. The zero-order valence-electron chi connectivity index (χ0n) is 21.4. The van der Waals surface area contributed by atoms with Crippen molar-refractivity contribution in [2.75, 3.05) is 37.4 Å². The van der Waals surface area contributed by atoms with Crippen LogP contribution in [-0.4, -0.2) is 62.2 Å². The first-order valence-corrected chi connectivity index (χ1v) is 16.2. The molecule has 0 spiro atoms. The molecule has 2 aromatic carbocycles. The summed E-state index contributed by atoms with van der Waals surface area (Å²) in [4.78, 5) is 21.6. The molecule has 0 N–H and O–H groups in total. The predicted octanol–water partition coefficient (Wildman–Crippen LogP) is 5.51. The molecule has 5 rings (SSSR count). The number of amides is 1. The first-order valence-electron chi connectivity index (χ1n) is 12.7. The minimum atomic E-state index is -3.61. The molecule has 1 amide bonds. The zero-order chi connectivity index (χ0) is 26.2. The summed E-state index contributed by atoms with van der Waals surface area (Å²) >= 11 is 3.16. The Bertz CT molecular complexity index is 1360. The van der Waals surface area contributed by atoms with Gasteiger partial charge in [-0.3, -0.25) is 9.69 Å². The van der Waals surface area contributed by atoms with E-state index in [0.29, 0.717) is 48.8 Å². The molecule has 3 atom stereocenters. The van der Waals surface area contributed by atoms with Crippen molar-refractivity contribution in [3.8, 4) is 0 Å². The van der Waals surface area contributed by atoms with E-state index in [9.17, 15) is 13.2 Å². The van der Waals surface area contributed by atoms with Crippen molar-refractivity contribution in [1.82, 2.24) is 9.29 Å². The SMILES string of the molecule is CSc1ccc2nc(N(CC3CCCO3)C(=O)c3ccc(S(=O)(=O)N4CC(C)CC(C)C4)cc3)sc2c1. The van der Waals surface area contributed by atoms with E-state index in [1.807, 2.05) is 18.4 Å². The Balaban J connectivity index is 1.42. The summed E-state index contributed by atoms with van der Waals surface area (Å²) in [5.74, 6) is 0.446. The lowest BCUT2D eigenvalue weighted by Crippen LogP contribution is -2.42. The van der Waals surface area contributed by atoms with E-state index in [-0.39, 0.29) is 16.9 Å². The highest BCUT2D eigenvalue weighted by Crippen LogP contribution is 2.33. The molecule has 0 bridgehead atoms. The van der Waals surface area contributed by atoms with E-state index in [1.54, 1.807) is 45.2 Å². The Morgan fingerprint density at radius 3 is 2.54 bits per heavy atom. The van der Waals surface area contributed by atoms with E-state index in [2.05, 4.69) is 19.9 Å². The molecule has 0 aliphatic carbocycles. The van der Waals surface area contributed by atoms with Crippen LogP contribution in [0.1, 0.15) is 43.5 Å². The first kappa shape index (κ1) is 26.6. The molecular weight excluding hydrogens is 527 g/mol. The van der Waals surface area contributed by atoms with Crippen LogP contribution >= 0.6 is 23.1 Å². The molecule has 2 saturated heterocycles. The normalized spacial score (nSPS) is 22.9. The number of hydrogen-bond acceptors (Lipinski definition) is 7. The number of fused-ring (bicyclic) bond motifs is 1. The van der Waals surface area contributed by atoms with Gasteiger partial charge in [0.25, 0.3) is 5.91 Å². The van der Waals surface area contributed by atoms with E-state index in [4.69, 9.17) is 9.72 Å². The molecule has 2 fully saturated rings. The number of sulfonamides is 1. The maximum Gasteiger partial charge on any atom is 0.260 e.